The molecule has 1 aliphatic carbocycles. The summed E-state index contributed by atoms with van der Waals surface area (Å²) in [5.41, 5.74) is 3.59. The van der Waals surface area contributed by atoms with E-state index in [2.05, 4.69) is 11.9 Å². The standard InChI is InChI=1S/C22H22N4O2S2/c1-3-8-26-21(28)19-15-5-4-6-16(15)30-20(19)24-22(26)29-12-14-11-18(27)25-9-7-13(2)10-17(25)23-14/h7,9-11H,3-6,8,12H2,1-2H3. The summed E-state index contributed by atoms with van der Waals surface area (Å²) in [6.45, 7) is 4.69. The van der Waals surface area contributed by atoms with Crippen molar-refractivity contribution in [2.24, 2.45) is 0 Å². The topological polar surface area (TPSA) is 69.3 Å². The van der Waals surface area contributed by atoms with Gasteiger partial charge >= 0.3 is 0 Å². The summed E-state index contributed by atoms with van der Waals surface area (Å²) in [7, 11) is 0. The molecule has 4 heterocycles. The van der Waals surface area contributed by atoms with Crippen molar-refractivity contribution < 1.29 is 0 Å². The van der Waals surface area contributed by atoms with Gasteiger partial charge in [0.15, 0.2) is 5.16 Å². The SMILES string of the molecule is CCCn1c(SCc2cc(=O)n3ccc(C)cc3n2)nc2sc3c(c2c1=O)CCC3. The average Bonchev–Trinajstić information content (AvgIpc) is 3.29. The minimum absolute atomic E-state index is 0.0749. The number of thioether (sulfide) groups is 1. The number of pyridine rings is 1. The molecule has 0 aliphatic heterocycles. The van der Waals surface area contributed by atoms with Gasteiger partial charge in [0.2, 0.25) is 0 Å². The van der Waals surface area contributed by atoms with Gasteiger partial charge in [0, 0.05) is 29.4 Å². The molecule has 0 radical (unpaired) electrons. The largest absolute Gasteiger partial charge is 0.287 e. The second kappa shape index (κ2) is 7.67. The van der Waals surface area contributed by atoms with Crippen molar-refractivity contribution in [3.05, 3.63) is 66.8 Å². The first-order chi connectivity index (χ1) is 14.5. The third-order valence-corrected chi connectivity index (χ3v) is 7.66. The van der Waals surface area contributed by atoms with Crippen LogP contribution in [-0.4, -0.2) is 18.9 Å². The van der Waals surface area contributed by atoms with Crippen molar-refractivity contribution in [1.82, 2.24) is 18.9 Å². The number of hydrogen-bond donors (Lipinski definition) is 0. The van der Waals surface area contributed by atoms with E-state index in [4.69, 9.17) is 4.98 Å². The molecule has 5 rings (SSSR count). The normalized spacial score (nSPS) is 13.4. The molecular formula is C22H22N4O2S2. The Labute approximate surface area is 181 Å². The van der Waals surface area contributed by atoms with E-state index in [0.717, 1.165) is 41.5 Å². The van der Waals surface area contributed by atoms with Crippen LogP contribution in [0.4, 0.5) is 0 Å². The molecule has 0 N–H and O–H groups in total. The zero-order valence-electron chi connectivity index (χ0n) is 17.0. The van der Waals surface area contributed by atoms with Crippen LogP contribution in [0, 0.1) is 6.92 Å². The van der Waals surface area contributed by atoms with Crippen LogP contribution in [0.5, 0.6) is 0 Å². The first kappa shape index (κ1) is 19.5. The maximum Gasteiger partial charge on any atom is 0.263 e. The lowest BCUT2D eigenvalue weighted by molar-refractivity contribution is 0.585. The molecule has 0 aromatic carbocycles. The molecule has 0 spiro atoms. The van der Waals surface area contributed by atoms with Crippen molar-refractivity contribution in [3.8, 4) is 0 Å². The van der Waals surface area contributed by atoms with Crippen LogP contribution < -0.4 is 11.1 Å². The van der Waals surface area contributed by atoms with E-state index in [9.17, 15) is 9.59 Å². The highest BCUT2D eigenvalue weighted by atomic mass is 32.2. The van der Waals surface area contributed by atoms with E-state index >= 15 is 0 Å². The maximum atomic E-state index is 13.3. The van der Waals surface area contributed by atoms with Gasteiger partial charge in [0.25, 0.3) is 11.1 Å². The lowest BCUT2D eigenvalue weighted by Crippen LogP contribution is -2.23. The van der Waals surface area contributed by atoms with E-state index in [1.807, 2.05) is 19.1 Å². The van der Waals surface area contributed by atoms with Crippen molar-refractivity contribution >= 4 is 39.0 Å². The summed E-state index contributed by atoms with van der Waals surface area (Å²) >= 11 is 3.14. The lowest BCUT2D eigenvalue weighted by atomic mass is 10.2. The molecule has 0 saturated heterocycles. The van der Waals surface area contributed by atoms with Gasteiger partial charge in [0.05, 0.1) is 11.1 Å². The fraction of sp³-hybridized carbons (Fsp3) is 0.364. The van der Waals surface area contributed by atoms with E-state index in [0.29, 0.717) is 28.8 Å². The molecule has 4 aromatic rings. The van der Waals surface area contributed by atoms with Crippen molar-refractivity contribution in [3.63, 3.8) is 0 Å². The minimum atomic E-state index is -0.0976. The Kier molecular flexibility index (Phi) is 4.99. The number of aromatic nitrogens is 4. The number of fused-ring (bicyclic) bond motifs is 4. The van der Waals surface area contributed by atoms with E-state index in [1.165, 1.54) is 22.2 Å². The van der Waals surface area contributed by atoms with Gasteiger partial charge in [0.1, 0.15) is 10.5 Å². The van der Waals surface area contributed by atoms with Crippen LogP contribution >= 0.6 is 23.1 Å². The zero-order valence-corrected chi connectivity index (χ0v) is 18.6. The smallest absolute Gasteiger partial charge is 0.263 e. The molecule has 154 valence electrons. The molecule has 30 heavy (non-hydrogen) atoms. The minimum Gasteiger partial charge on any atom is -0.287 e. The van der Waals surface area contributed by atoms with Crippen LogP contribution in [-0.2, 0) is 25.1 Å². The Balaban J connectivity index is 1.54. The zero-order chi connectivity index (χ0) is 20.8. The second-order valence-electron chi connectivity index (χ2n) is 7.70. The number of hydrogen-bond acceptors (Lipinski definition) is 6. The molecule has 8 heteroatoms. The fourth-order valence-electron chi connectivity index (χ4n) is 4.06. The molecule has 0 amide bonds. The second-order valence-corrected chi connectivity index (χ2v) is 9.72. The Morgan fingerprint density at radius 2 is 2.07 bits per heavy atom. The molecule has 0 atom stereocenters. The molecule has 0 saturated carbocycles. The van der Waals surface area contributed by atoms with Crippen LogP contribution in [0.3, 0.4) is 0 Å². The number of nitrogens with zero attached hydrogens (tertiary/aromatic N) is 4. The Morgan fingerprint density at radius 3 is 2.90 bits per heavy atom. The third-order valence-electron chi connectivity index (χ3n) is 5.46. The first-order valence-corrected chi connectivity index (χ1v) is 12.0. The van der Waals surface area contributed by atoms with Crippen molar-refractivity contribution in [1.29, 1.82) is 0 Å². The van der Waals surface area contributed by atoms with E-state index < -0.39 is 0 Å². The third kappa shape index (κ3) is 3.28. The van der Waals surface area contributed by atoms with Gasteiger partial charge in [-0.25, -0.2) is 9.97 Å². The highest BCUT2D eigenvalue weighted by Gasteiger charge is 2.23. The molecule has 0 unspecified atom stereocenters. The Bertz CT molecular complexity index is 1400. The van der Waals surface area contributed by atoms with Gasteiger partial charge < -0.3 is 0 Å². The quantitative estimate of drug-likeness (QED) is 0.348. The number of thiophene rings is 1. The van der Waals surface area contributed by atoms with E-state index in [1.54, 1.807) is 32.6 Å². The summed E-state index contributed by atoms with van der Waals surface area (Å²) in [6.07, 6.45) is 5.78. The number of aryl methyl sites for hydroxylation is 3. The fourth-order valence-corrected chi connectivity index (χ4v) is 6.28. The molecule has 6 nitrogen and oxygen atoms in total. The highest BCUT2D eigenvalue weighted by molar-refractivity contribution is 7.98. The van der Waals surface area contributed by atoms with Gasteiger partial charge in [-0.1, -0.05) is 18.7 Å². The summed E-state index contributed by atoms with van der Waals surface area (Å²) in [4.78, 5) is 37.4. The summed E-state index contributed by atoms with van der Waals surface area (Å²) in [5.74, 6) is 0.492. The molecule has 4 aromatic heterocycles. The number of rotatable bonds is 5. The summed E-state index contributed by atoms with van der Waals surface area (Å²) in [6, 6.07) is 5.36. The van der Waals surface area contributed by atoms with Crippen LogP contribution in [0.15, 0.2) is 39.1 Å². The molecular weight excluding hydrogens is 416 g/mol. The predicted molar refractivity (Wildman–Crippen MR) is 122 cm³/mol. The molecule has 0 bridgehead atoms. The lowest BCUT2D eigenvalue weighted by Gasteiger charge is -2.11. The predicted octanol–water partition coefficient (Wildman–Crippen LogP) is 3.97. The molecule has 0 fully saturated rings. The van der Waals surface area contributed by atoms with Crippen LogP contribution in [0.2, 0.25) is 0 Å². The summed E-state index contributed by atoms with van der Waals surface area (Å²) in [5, 5.41) is 1.53. The average molecular weight is 439 g/mol. The Hall–Kier alpha value is -2.45. The van der Waals surface area contributed by atoms with E-state index in [-0.39, 0.29) is 11.1 Å². The first-order valence-electron chi connectivity index (χ1n) is 10.2. The highest BCUT2D eigenvalue weighted by Crippen LogP contribution is 2.35. The Morgan fingerprint density at radius 1 is 1.20 bits per heavy atom. The van der Waals surface area contributed by atoms with Gasteiger partial charge in [-0.2, -0.15) is 0 Å². The van der Waals surface area contributed by atoms with Crippen molar-refractivity contribution in [2.75, 3.05) is 0 Å². The monoisotopic (exact) mass is 438 g/mol. The van der Waals surface area contributed by atoms with Gasteiger partial charge in [-0.15, -0.1) is 11.3 Å². The van der Waals surface area contributed by atoms with Crippen molar-refractivity contribution in [2.45, 2.75) is 57.0 Å². The maximum absolute atomic E-state index is 13.3. The van der Waals surface area contributed by atoms with Gasteiger partial charge in [-0.3, -0.25) is 18.6 Å². The van der Waals surface area contributed by atoms with Crippen LogP contribution in [0.25, 0.3) is 15.9 Å². The van der Waals surface area contributed by atoms with Gasteiger partial charge in [-0.05, 0) is 55.9 Å². The summed E-state index contributed by atoms with van der Waals surface area (Å²) < 4.78 is 3.35. The van der Waals surface area contributed by atoms with Crippen LogP contribution in [0.1, 0.15) is 41.5 Å². The molecule has 1 aliphatic rings.